The number of halogens is 3. The molecular formula is C14H20F3N3. The molecule has 0 amide bonds. The number of nitrogens with one attached hydrogen (secondary N) is 1. The Balaban J connectivity index is 1.73. The van der Waals surface area contributed by atoms with Gasteiger partial charge >= 0.3 is 6.18 Å². The van der Waals surface area contributed by atoms with Gasteiger partial charge in [0.2, 0.25) is 0 Å². The van der Waals surface area contributed by atoms with Crippen molar-refractivity contribution in [3.63, 3.8) is 0 Å². The molecule has 0 radical (unpaired) electrons. The highest BCUT2D eigenvalue weighted by molar-refractivity contribution is 5.38. The first-order chi connectivity index (χ1) is 9.55. The molecule has 2 heterocycles. The van der Waals surface area contributed by atoms with Crippen LogP contribution in [0.4, 0.5) is 19.0 Å². The summed E-state index contributed by atoms with van der Waals surface area (Å²) in [6.07, 6.45) is 1.61. The quantitative estimate of drug-likeness (QED) is 0.841. The number of nitrogens with zero attached hydrogens (tertiary/aromatic N) is 2. The van der Waals surface area contributed by atoms with E-state index in [1.165, 1.54) is 25.5 Å². The molecule has 1 saturated heterocycles. The smallest absolute Gasteiger partial charge is 0.370 e. The van der Waals surface area contributed by atoms with Crippen molar-refractivity contribution in [2.75, 3.05) is 31.5 Å². The van der Waals surface area contributed by atoms with E-state index in [2.05, 4.69) is 15.2 Å². The van der Waals surface area contributed by atoms with Crippen LogP contribution >= 0.6 is 0 Å². The molecule has 1 aromatic heterocycles. The number of aromatic nitrogens is 1. The molecule has 1 aliphatic rings. The maximum atomic E-state index is 12.5. The van der Waals surface area contributed by atoms with Crippen molar-refractivity contribution >= 4 is 5.82 Å². The number of anilines is 1. The minimum Gasteiger partial charge on any atom is -0.370 e. The summed E-state index contributed by atoms with van der Waals surface area (Å²) in [6, 6.07) is 2.04. The molecule has 0 spiro atoms. The van der Waals surface area contributed by atoms with Gasteiger partial charge in [-0.15, -0.1) is 0 Å². The lowest BCUT2D eigenvalue weighted by molar-refractivity contribution is -0.137. The second-order valence-corrected chi connectivity index (χ2v) is 5.11. The normalized spacial score (nSPS) is 17.1. The van der Waals surface area contributed by atoms with E-state index in [0.29, 0.717) is 12.4 Å². The number of pyridine rings is 1. The summed E-state index contributed by atoms with van der Waals surface area (Å²) < 4.78 is 37.6. The second-order valence-electron chi connectivity index (χ2n) is 5.11. The summed E-state index contributed by atoms with van der Waals surface area (Å²) in [5.41, 5.74) is -0.661. The molecule has 1 N–H and O–H groups in total. The molecule has 112 valence electrons. The van der Waals surface area contributed by atoms with Crippen LogP contribution in [-0.2, 0) is 6.18 Å². The Kier molecular flexibility index (Phi) is 5.23. The predicted octanol–water partition coefficient (Wildman–Crippen LogP) is 3.39. The molecule has 0 aromatic carbocycles. The van der Waals surface area contributed by atoms with Crippen molar-refractivity contribution in [2.24, 2.45) is 0 Å². The fraction of sp³-hybridized carbons (Fsp3) is 0.643. The van der Waals surface area contributed by atoms with E-state index in [1.807, 2.05) is 0 Å². The molecule has 0 saturated carbocycles. The van der Waals surface area contributed by atoms with Crippen LogP contribution in [0.5, 0.6) is 0 Å². The van der Waals surface area contributed by atoms with E-state index in [1.54, 1.807) is 0 Å². The van der Waals surface area contributed by atoms with E-state index >= 15 is 0 Å². The van der Waals surface area contributed by atoms with Crippen molar-refractivity contribution < 1.29 is 13.2 Å². The highest BCUT2D eigenvalue weighted by Crippen LogP contribution is 2.29. The third-order valence-electron chi connectivity index (χ3n) is 3.49. The Hall–Kier alpha value is -1.30. The zero-order valence-corrected chi connectivity index (χ0v) is 11.4. The predicted molar refractivity (Wildman–Crippen MR) is 72.6 cm³/mol. The third-order valence-corrected chi connectivity index (χ3v) is 3.49. The van der Waals surface area contributed by atoms with Gasteiger partial charge in [-0.25, -0.2) is 4.98 Å². The fourth-order valence-electron chi connectivity index (χ4n) is 2.41. The summed E-state index contributed by atoms with van der Waals surface area (Å²) in [6.45, 7) is 3.92. The van der Waals surface area contributed by atoms with E-state index in [-0.39, 0.29) is 0 Å². The van der Waals surface area contributed by atoms with Gasteiger partial charge in [-0.1, -0.05) is 6.42 Å². The lowest BCUT2D eigenvalue weighted by atomic mass is 10.1. The Morgan fingerprint density at radius 3 is 2.65 bits per heavy atom. The molecule has 0 atom stereocenters. The summed E-state index contributed by atoms with van der Waals surface area (Å²) in [7, 11) is 0. The van der Waals surface area contributed by atoms with Crippen molar-refractivity contribution in [1.82, 2.24) is 9.88 Å². The standard InChI is InChI=1S/C14H20F3N3/c15-14(16,17)12-5-7-19-13(11-12)18-6-4-10-20-8-2-1-3-9-20/h5,7,11H,1-4,6,8-10H2,(H,18,19). The van der Waals surface area contributed by atoms with Gasteiger partial charge in [-0.3, -0.25) is 0 Å². The minimum atomic E-state index is -4.31. The van der Waals surface area contributed by atoms with Crippen LogP contribution < -0.4 is 5.32 Å². The van der Waals surface area contributed by atoms with Crippen LogP contribution in [0, 0.1) is 0 Å². The molecule has 1 aliphatic heterocycles. The molecule has 3 nitrogen and oxygen atoms in total. The van der Waals surface area contributed by atoms with Crippen molar-refractivity contribution in [3.8, 4) is 0 Å². The number of piperidine rings is 1. The lowest BCUT2D eigenvalue weighted by Crippen LogP contribution is -2.31. The van der Waals surface area contributed by atoms with Gasteiger partial charge in [0.25, 0.3) is 0 Å². The third kappa shape index (κ3) is 4.67. The second kappa shape index (κ2) is 6.92. The largest absolute Gasteiger partial charge is 0.416 e. The number of rotatable bonds is 5. The Labute approximate surface area is 117 Å². The maximum Gasteiger partial charge on any atom is 0.416 e. The van der Waals surface area contributed by atoms with Crippen LogP contribution in [0.2, 0.25) is 0 Å². The first kappa shape index (κ1) is 15.1. The van der Waals surface area contributed by atoms with Crippen molar-refractivity contribution in [2.45, 2.75) is 31.9 Å². The number of alkyl halides is 3. The zero-order valence-electron chi connectivity index (χ0n) is 11.4. The highest BCUT2D eigenvalue weighted by atomic mass is 19.4. The molecule has 1 aromatic rings. The van der Waals surface area contributed by atoms with Crippen molar-refractivity contribution in [3.05, 3.63) is 23.9 Å². The Morgan fingerprint density at radius 2 is 1.95 bits per heavy atom. The topological polar surface area (TPSA) is 28.2 Å². The summed E-state index contributed by atoms with van der Waals surface area (Å²) in [5, 5.41) is 2.96. The molecule has 0 unspecified atom stereocenters. The van der Waals surface area contributed by atoms with E-state index in [9.17, 15) is 13.2 Å². The van der Waals surface area contributed by atoms with Crippen LogP contribution in [0.3, 0.4) is 0 Å². The average molecular weight is 287 g/mol. The molecule has 1 fully saturated rings. The van der Waals surface area contributed by atoms with Gasteiger partial charge in [0.1, 0.15) is 5.82 Å². The Bertz CT molecular complexity index is 414. The van der Waals surface area contributed by atoms with Crippen LogP contribution in [0.25, 0.3) is 0 Å². The molecule has 6 heteroatoms. The molecule has 2 rings (SSSR count). The van der Waals surface area contributed by atoms with Gasteiger partial charge in [0, 0.05) is 12.7 Å². The zero-order chi connectivity index (χ0) is 14.4. The molecule has 20 heavy (non-hydrogen) atoms. The van der Waals surface area contributed by atoms with E-state index < -0.39 is 11.7 Å². The first-order valence-electron chi connectivity index (χ1n) is 7.05. The van der Waals surface area contributed by atoms with Crippen LogP contribution in [-0.4, -0.2) is 36.1 Å². The molecule has 0 aliphatic carbocycles. The summed E-state index contributed by atoms with van der Waals surface area (Å²) in [5.74, 6) is 0.290. The summed E-state index contributed by atoms with van der Waals surface area (Å²) in [4.78, 5) is 6.32. The van der Waals surface area contributed by atoms with E-state index in [4.69, 9.17) is 0 Å². The van der Waals surface area contributed by atoms with Crippen LogP contribution in [0.15, 0.2) is 18.3 Å². The fourth-order valence-corrected chi connectivity index (χ4v) is 2.41. The lowest BCUT2D eigenvalue weighted by Gasteiger charge is -2.26. The van der Waals surface area contributed by atoms with Crippen LogP contribution in [0.1, 0.15) is 31.2 Å². The van der Waals surface area contributed by atoms with Gasteiger partial charge < -0.3 is 10.2 Å². The number of likely N-dealkylation sites (tertiary alicyclic amines) is 1. The van der Waals surface area contributed by atoms with E-state index in [0.717, 1.165) is 38.2 Å². The minimum absolute atomic E-state index is 0.290. The van der Waals surface area contributed by atoms with Gasteiger partial charge in [-0.05, 0) is 51.0 Å². The van der Waals surface area contributed by atoms with Crippen molar-refractivity contribution in [1.29, 1.82) is 0 Å². The first-order valence-corrected chi connectivity index (χ1v) is 7.05. The van der Waals surface area contributed by atoms with Gasteiger partial charge in [0.15, 0.2) is 0 Å². The SMILES string of the molecule is FC(F)(F)c1ccnc(NCCCN2CCCCC2)c1. The molecular weight excluding hydrogens is 267 g/mol. The number of hydrogen-bond donors (Lipinski definition) is 1. The summed E-state index contributed by atoms with van der Waals surface area (Å²) >= 11 is 0. The van der Waals surface area contributed by atoms with Gasteiger partial charge in [0.05, 0.1) is 5.56 Å². The Morgan fingerprint density at radius 1 is 1.20 bits per heavy atom. The molecule has 0 bridgehead atoms. The maximum absolute atomic E-state index is 12.5. The highest BCUT2D eigenvalue weighted by Gasteiger charge is 2.30. The van der Waals surface area contributed by atoms with Gasteiger partial charge in [-0.2, -0.15) is 13.2 Å². The number of hydrogen-bond acceptors (Lipinski definition) is 3. The monoisotopic (exact) mass is 287 g/mol. The average Bonchev–Trinajstić information content (AvgIpc) is 2.44.